The number of hydrogen-bond acceptors (Lipinski definition) is 6. The van der Waals surface area contributed by atoms with E-state index in [0.717, 1.165) is 0 Å². The van der Waals surface area contributed by atoms with Gasteiger partial charge in [-0.3, -0.25) is 9.59 Å². The van der Waals surface area contributed by atoms with E-state index in [4.69, 9.17) is 0 Å². The van der Waals surface area contributed by atoms with E-state index in [2.05, 4.69) is 104 Å². The molecule has 0 saturated heterocycles. The molecule has 0 atom stereocenters. The topological polar surface area (TPSA) is 34.1 Å². The van der Waals surface area contributed by atoms with Gasteiger partial charge in [-0.05, 0) is 70.8 Å². The maximum Gasteiger partial charge on any atom is 2.00 e. The smallest absolute Gasteiger partial charge is 1.00 e. The average Bonchev–Trinajstić information content (AvgIpc) is 3.90. The molecule has 1 aliphatic carbocycles. The van der Waals surface area contributed by atoms with Gasteiger partial charge in [0.2, 0.25) is 11.6 Å². The summed E-state index contributed by atoms with van der Waals surface area (Å²) in [7, 11) is 0. The number of benzene rings is 4. The zero-order valence-corrected chi connectivity index (χ0v) is 33.3. The number of carbonyl (C=O) groups is 2. The van der Waals surface area contributed by atoms with Crippen LogP contribution < -0.4 is 17.0 Å². The van der Waals surface area contributed by atoms with Gasteiger partial charge in [0.15, 0.2) is 0 Å². The Bertz CT molecular complexity index is 2160. The Kier molecular flexibility index (Phi) is 12.3. The molecule has 0 bridgehead atoms. The third kappa shape index (κ3) is 7.47. The number of carbonyl (C=O) groups excluding carboxylic acids is 2. The van der Waals surface area contributed by atoms with Gasteiger partial charge in [0.1, 0.15) is 0 Å². The van der Waals surface area contributed by atoms with Crippen molar-refractivity contribution in [3.05, 3.63) is 162 Å². The molecule has 0 amide bonds. The van der Waals surface area contributed by atoms with Crippen LogP contribution in [0.3, 0.4) is 0 Å². The van der Waals surface area contributed by atoms with Crippen LogP contribution in [0.25, 0.3) is 42.4 Å². The van der Waals surface area contributed by atoms with Crippen molar-refractivity contribution < 1.29 is 26.6 Å². The molecule has 49 heavy (non-hydrogen) atoms. The van der Waals surface area contributed by atoms with E-state index in [1.54, 1.807) is 22.9 Å². The molecule has 4 aromatic carbocycles. The summed E-state index contributed by atoms with van der Waals surface area (Å²) in [6, 6.07) is 36.6. The molecule has 4 aromatic heterocycles. The number of fused-ring (bicyclic) bond motifs is 4. The Morgan fingerprint density at radius 1 is 0.531 bits per heavy atom. The number of halogens is 1. The molecule has 0 N–H and O–H groups in total. The second-order valence-electron chi connectivity index (χ2n) is 11.4. The van der Waals surface area contributed by atoms with Crippen LogP contribution in [0.5, 0.6) is 0 Å². The van der Waals surface area contributed by atoms with Gasteiger partial charge in [-0.15, -0.1) is 45.3 Å². The Balaban J connectivity index is 0.000000170. The third-order valence-electron chi connectivity index (χ3n) is 8.03. The van der Waals surface area contributed by atoms with Crippen molar-refractivity contribution in [1.29, 1.82) is 0 Å². The van der Waals surface area contributed by atoms with Gasteiger partial charge in [0.05, 0.1) is 9.75 Å². The first-order valence-corrected chi connectivity index (χ1v) is 18.6. The fourth-order valence-electron chi connectivity index (χ4n) is 5.87. The molecule has 238 valence electrons. The molecule has 0 radical (unpaired) electrons. The van der Waals surface area contributed by atoms with Crippen LogP contribution in [0.2, 0.25) is 0 Å². The van der Waals surface area contributed by atoms with Crippen molar-refractivity contribution in [3.63, 3.8) is 0 Å². The summed E-state index contributed by atoms with van der Waals surface area (Å²) >= 11 is 6.38. The minimum atomic E-state index is -0.00847. The quantitative estimate of drug-likeness (QED) is 0.130. The van der Waals surface area contributed by atoms with E-state index in [-0.39, 0.29) is 51.6 Å². The van der Waals surface area contributed by atoms with Gasteiger partial charge in [0.25, 0.3) is 0 Å². The molecule has 4 heterocycles. The number of rotatable bonds is 2. The van der Waals surface area contributed by atoms with Crippen molar-refractivity contribution >= 4 is 100 Å². The fourth-order valence-corrected chi connectivity index (χ4v) is 9.53. The minimum Gasteiger partial charge on any atom is -1.00 e. The molecule has 0 saturated carbocycles. The van der Waals surface area contributed by atoms with Gasteiger partial charge >= 0.3 is 23.1 Å². The summed E-state index contributed by atoms with van der Waals surface area (Å²) < 4.78 is 2.77. The van der Waals surface area contributed by atoms with Crippen molar-refractivity contribution in [1.82, 2.24) is 0 Å². The predicted molar refractivity (Wildman–Crippen MR) is 209 cm³/mol. The Morgan fingerprint density at radius 3 is 1.37 bits per heavy atom. The standard InChI is InChI=1S/C24H18S2.C10H4O2S2.C7H7.BrH.Mg/c1-15-5-3-7-17(13-15)21-19-9-11-26-24(19)22(20-10-12-25-23(20)21)18-8-4-6-16(2)14-18;11-7-5-1-3-13-9(5)8(12)6-2-4-14-10(6)7;1-7-5-3-2-4-6-7;;/h3-14H,1-2H3;1-4H;2-3,5-6H,1H3;1H;/q;;-1;;+2/p-1. The summed E-state index contributed by atoms with van der Waals surface area (Å²) in [5, 5.41) is 10.8. The third-order valence-corrected chi connectivity index (χ3v) is 11.7. The van der Waals surface area contributed by atoms with Crippen molar-refractivity contribution in [2.45, 2.75) is 20.8 Å². The Morgan fingerprint density at radius 2 is 0.980 bits per heavy atom. The van der Waals surface area contributed by atoms with Gasteiger partial charge in [-0.25, -0.2) is 0 Å². The number of ketones is 2. The largest absolute Gasteiger partial charge is 2.00 e. The summed E-state index contributed by atoms with van der Waals surface area (Å²) in [4.78, 5) is 24.8. The molecule has 0 spiro atoms. The number of thiophene rings is 4. The summed E-state index contributed by atoms with van der Waals surface area (Å²) in [5.41, 5.74) is 10.4. The molecular formula is C41H29BrMgO2S4. The SMILES string of the molecule is Cc1c[c-]ccc1.Cc1cccc(-c2c3ccsc3c(-c3cccc(C)c3)c3ccsc23)c1.O=C1c2ccsc2C(=O)c2ccsc21.[Br-].[Mg+2]. The monoisotopic (exact) mass is 784 g/mol. The number of hydrogen-bond donors (Lipinski definition) is 0. The molecule has 0 fully saturated rings. The summed E-state index contributed by atoms with van der Waals surface area (Å²) in [6.45, 7) is 6.39. The predicted octanol–water partition coefficient (Wildman–Crippen LogP) is 9.07. The fraction of sp³-hybridized carbons (Fsp3) is 0.0732. The summed E-state index contributed by atoms with van der Waals surface area (Å²) in [5.74, 6) is -0.0169. The van der Waals surface area contributed by atoms with Crippen LogP contribution in [0.15, 0.2) is 119 Å². The van der Waals surface area contributed by atoms with Crippen molar-refractivity contribution in [2.75, 3.05) is 0 Å². The molecule has 1 aliphatic rings. The first-order chi connectivity index (χ1) is 22.9. The van der Waals surface area contributed by atoms with Crippen molar-refractivity contribution in [3.8, 4) is 22.3 Å². The van der Waals surface area contributed by atoms with Crippen LogP contribution in [0.1, 0.15) is 47.2 Å². The van der Waals surface area contributed by atoms with E-state index < -0.39 is 0 Å². The molecule has 0 unspecified atom stereocenters. The van der Waals surface area contributed by atoms with Gasteiger partial charge in [0, 0.05) is 42.4 Å². The van der Waals surface area contributed by atoms with Crippen LogP contribution in [0.4, 0.5) is 0 Å². The van der Waals surface area contributed by atoms with Gasteiger partial charge < -0.3 is 17.0 Å². The maximum atomic E-state index is 11.8. The Hall–Kier alpha value is -3.21. The average molecular weight is 786 g/mol. The van der Waals surface area contributed by atoms with E-state index in [0.29, 0.717) is 20.9 Å². The van der Waals surface area contributed by atoms with Crippen LogP contribution >= 0.6 is 45.3 Å². The second kappa shape index (κ2) is 16.2. The molecule has 2 nitrogen and oxygen atoms in total. The zero-order chi connectivity index (χ0) is 32.5. The zero-order valence-electron chi connectivity index (χ0n) is 27.1. The Labute approximate surface area is 329 Å². The first kappa shape index (κ1) is 37.1. The second-order valence-corrected chi connectivity index (χ2v) is 15.0. The molecule has 8 aromatic rings. The van der Waals surface area contributed by atoms with E-state index in [1.807, 2.05) is 40.9 Å². The maximum absolute atomic E-state index is 11.8. The molecular weight excluding hydrogens is 757 g/mol. The molecule has 0 aliphatic heterocycles. The van der Waals surface area contributed by atoms with E-state index in [9.17, 15) is 9.59 Å². The van der Waals surface area contributed by atoms with Crippen molar-refractivity contribution in [2.24, 2.45) is 0 Å². The van der Waals surface area contributed by atoms with Gasteiger partial charge in [-0.1, -0.05) is 66.6 Å². The first-order valence-electron chi connectivity index (χ1n) is 15.1. The van der Waals surface area contributed by atoms with E-state index >= 15 is 0 Å². The number of aryl methyl sites for hydroxylation is 3. The van der Waals surface area contributed by atoms with E-state index in [1.165, 1.54) is 81.8 Å². The van der Waals surface area contributed by atoms with Gasteiger partial charge in [-0.2, -0.15) is 35.9 Å². The molecule has 8 heteroatoms. The normalized spacial score (nSPS) is 11.3. The molecule has 9 rings (SSSR count). The minimum absolute atomic E-state index is 0. The van der Waals surface area contributed by atoms with Crippen LogP contribution in [0, 0.1) is 26.8 Å². The van der Waals surface area contributed by atoms with Crippen LogP contribution in [-0.2, 0) is 0 Å². The summed E-state index contributed by atoms with van der Waals surface area (Å²) in [6.07, 6.45) is 0. The van der Waals surface area contributed by atoms with Crippen LogP contribution in [-0.4, -0.2) is 34.6 Å².